The molecule has 0 radical (unpaired) electrons. The highest BCUT2D eigenvalue weighted by molar-refractivity contribution is 5.96. The number of aromatic nitrogens is 2. The van der Waals surface area contributed by atoms with Gasteiger partial charge >= 0.3 is 0 Å². The molecule has 150 valence electrons. The Labute approximate surface area is 167 Å². The van der Waals surface area contributed by atoms with Crippen molar-refractivity contribution in [3.8, 4) is 11.4 Å². The predicted molar refractivity (Wildman–Crippen MR) is 105 cm³/mol. The summed E-state index contributed by atoms with van der Waals surface area (Å²) in [5, 5.41) is 4.15. The SMILES string of the molecule is Cc1cc(C)cc(OCC(=O)NNC(=O)c2cnn(-c3ccc(F)cc3)c2C)c1. The molecule has 0 aliphatic carbocycles. The van der Waals surface area contributed by atoms with Crippen LogP contribution in [0.1, 0.15) is 27.2 Å². The number of benzene rings is 2. The van der Waals surface area contributed by atoms with Gasteiger partial charge in [-0.2, -0.15) is 5.10 Å². The van der Waals surface area contributed by atoms with Crippen LogP contribution in [0.25, 0.3) is 5.69 Å². The van der Waals surface area contributed by atoms with E-state index in [0.717, 1.165) is 11.1 Å². The Bertz CT molecular complexity index is 1020. The fourth-order valence-corrected chi connectivity index (χ4v) is 2.87. The average Bonchev–Trinajstić information content (AvgIpc) is 3.06. The lowest BCUT2D eigenvalue weighted by Gasteiger charge is -2.10. The van der Waals surface area contributed by atoms with Gasteiger partial charge in [-0.15, -0.1) is 0 Å². The zero-order valence-corrected chi connectivity index (χ0v) is 16.3. The first kappa shape index (κ1) is 20.1. The highest BCUT2D eigenvalue weighted by Gasteiger charge is 2.16. The molecule has 7 nitrogen and oxygen atoms in total. The van der Waals surface area contributed by atoms with Gasteiger partial charge in [0.2, 0.25) is 0 Å². The number of ether oxygens (including phenoxy) is 1. The summed E-state index contributed by atoms with van der Waals surface area (Å²) in [5.41, 5.74) is 8.17. The molecule has 29 heavy (non-hydrogen) atoms. The molecule has 3 aromatic rings. The molecule has 0 bridgehead atoms. The Morgan fingerprint density at radius 1 is 1.03 bits per heavy atom. The number of carbonyl (C=O) groups excluding carboxylic acids is 2. The second-order valence-corrected chi connectivity index (χ2v) is 6.65. The smallest absolute Gasteiger partial charge is 0.276 e. The van der Waals surface area contributed by atoms with Crippen LogP contribution in [0.3, 0.4) is 0 Å². The molecule has 0 saturated carbocycles. The zero-order valence-electron chi connectivity index (χ0n) is 16.3. The van der Waals surface area contributed by atoms with E-state index >= 15 is 0 Å². The summed E-state index contributed by atoms with van der Waals surface area (Å²) in [7, 11) is 0. The van der Waals surface area contributed by atoms with Crippen LogP contribution in [-0.4, -0.2) is 28.2 Å². The number of amides is 2. The van der Waals surface area contributed by atoms with Crippen molar-refractivity contribution in [2.75, 3.05) is 6.61 Å². The van der Waals surface area contributed by atoms with Gasteiger partial charge in [-0.05, 0) is 68.3 Å². The Balaban J connectivity index is 1.56. The van der Waals surface area contributed by atoms with Crippen molar-refractivity contribution in [3.05, 3.63) is 76.9 Å². The van der Waals surface area contributed by atoms with Crippen LogP contribution in [0.5, 0.6) is 5.75 Å². The molecule has 2 aromatic carbocycles. The summed E-state index contributed by atoms with van der Waals surface area (Å²) in [4.78, 5) is 24.3. The highest BCUT2D eigenvalue weighted by Crippen LogP contribution is 2.16. The maximum atomic E-state index is 13.1. The zero-order chi connectivity index (χ0) is 21.0. The van der Waals surface area contributed by atoms with Crippen LogP contribution in [0.4, 0.5) is 4.39 Å². The number of aryl methyl sites for hydroxylation is 2. The quantitative estimate of drug-likeness (QED) is 0.650. The largest absolute Gasteiger partial charge is 0.484 e. The fraction of sp³-hybridized carbons (Fsp3) is 0.190. The van der Waals surface area contributed by atoms with Crippen LogP contribution < -0.4 is 15.6 Å². The summed E-state index contributed by atoms with van der Waals surface area (Å²) < 4.78 is 20.0. The van der Waals surface area contributed by atoms with E-state index in [1.54, 1.807) is 19.1 Å². The van der Waals surface area contributed by atoms with E-state index in [9.17, 15) is 14.0 Å². The van der Waals surface area contributed by atoms with Gasteiger partial charge in [0.15, 0.2) is 6.61 Å². The molecular formula is C21H21FN4O3. The van der Waals surface area contributed by atoms with Gasteiger partial charge in [-0.3, -0.25) is 20.4 Å². The molecule has 1 aromatic heterocycles. The van der Waals surface area contributed by atoms with Gasteiger partial charge in [0.1, 0.15) is 11.6 Å². The third-order valence-electron chi connectivity index (χ3n) is 4.21. The molecule has 2 N–H and O–H groups in total. The molecule has 0 fully saturated rings. The summed E-state index contributed by atoms with van der Waals surface area (Å²) >= 11 is 0. The van der Waals surface area contributed by atoms with Gasteiger partial charge in [-0.25, -0.2) is 9.07 Å². The number of hydrazine groups is 1. The molecule has 0 atom stereocenters. The van der Waals surface area contributed by atoms with E-state index in [1.807, 2.05) is 32.0 Å². The maximum Gasteiger partial charge on any atom is 0.276 e. The molecule has 3 rings (SSSR count). The molecular weight excluding hydrogens is 375 g/mol. The van der Waals surface area contributed by atoms with Gasteiger partial charge in [-0.1, -0.05) is 6.07 Å². The molecule has 8 heteroatoms. The Kier molecular flexibility index (Phi) is 5.92. The number of halogens is 1. The lowest BCUT2D eigenvalue weighted by molar-refractivity contribution is -0.123. The lowest BCUT2D eigenvalue weighted by atomic mass is 10.1. The van der Waals surface area contributed by atoms with Gasteiger partial charge < -0.3 is 4.74 Å². The van der Waals surface area contributed by atoms with E-state index in [-0.39, 0.29) is 18.0 Å². The first-order valence-electron chi connectivity index (χ1n) is 8.94. The van der Waals surface area contributed by atoms with Crippen molar-refractivity contribution in [2.24, 2.45) is 0 Å². The number of hydrogen-bond acceptors (Lipinski definition) is 4. The number of carbonyl (C=O) groups is 2. The number of nitrogens with one attached hydrogen (secondary N) is 2. The minimum Gasteiger partial charge on any atom is -0.484 e. The van der Waals surface area contributed by atoms with Crippen LogP contribution in [0.15, 0.2) is 48.7 Å². The molecule has 0 spiro atoms. The highest BCUT2D eigenvalue weighted by atomic mass is 19.1. The third-order valence-corrected chi connectivity index (χ3v) is 4.21. The van der Waals surface area contributed by atoms with Crippen molar-refractivity contribution >= 4 is 11.8 Å². The van der Waals surface area contributed by atoms with Gasteiger partial charge in [0.25, 0.3) is 11.8 Å². The first-order chi connectivity index (χ1) is 13.8. The van der Waals surface area contributed by atoms with Crippen molar-refractivity contribution < 1.29 is 18.7 Å². The topological polar surface area (TPSA) is 85.2 Å². The summed E-state index contributed by atoms with van der Waals surface area (Å²) in [6.45, 7) is 5.34. The van der Waals surface area contributed by atoms with E-state index in [0.29, 0.717) is 17.1 Å². The van der Waals surface area contributed by atoms with Crippen LogP contribution >= 0.6 is 0 Å². The van der Waals surface area contributed by atoms with Crippen LogP contribution in [-0.2, 0) is 4.79 Å². The number of hydrogen-bond donors (Lipinski definition) is 2. The maximum absolute atomic E-state index is 13.1. The molecule has 0 saturated heterocycles. The summed E-state index contributed by atoms with van der Waals surface area (Å²) in [6.07, 6.45) is 1.38. The van der Waals surface area contributed by atoms with Crippen LogP contribution in [0.2, 0.25) is 0 Å². The number of rotatable bonds is 5. The number of nitrogens with zero attached hydrogens (tertiary/aromatic N) is 2. The van der Waals surface area contributed by atoms with Crippen molar-refractivity contribution in [1.29, 1.82) is 0 Å². The fourth-order valence-electron chi connectivity index (χ4n) is 2.87. The predicted octanol–water partition coefficient (Wildman–Crippen LogP) is 2.78. The van der Waals surface area contributed by atoms with Crippen molar-refractivity contribution in [2.45, 2.75) is 20.8 Å². The molecule has 0 aliphatic rings. The third kappa shape index (κ3) is 4.98. The molecule has 2 amide bonds. The molecule has 1 heterocycles. The standard InChI is InChI=1S/C21H21FN4O3/c1-13-8-14(2)10-18(9-13)29-12-20(27)24-25-21(28)19-11-23-26(15(19)3)17-6-4-16(22)5-7-17/h4-11H,12H2,1-3H3,(H,24,27)(H,25,28). The van der Waals surface area contributed by atoms with Crippen LogP contribution in [0, 0.1) is 26.6 Å². The summed E-state index contributed by atoms with van der Waals surface area (Å²) in [5.74, 6) is -0.792. The second kappa shape index (κ2) is 8.55. The minimum atomic E-state index is -0.518. The monoisotopic (exact) mass is 396 g/mol. The summed E-state index contributed by atoms with van der Waals surface area (Å²) in [6, 6.07) is 11.4. The molecule has 0 aliphatic heterocycles. The van der Waals surface area contributed by atoms with E-state index in [2.05, 4.69) is 16.0 Å². The minimum absolute atomic E-state index is 0.239. The molecule has 0 unspecified atom stereocenters. The Hall–Kier alpha value is -3.68. The average molecular weight is 396 g/mol. The van der Waals surface area contributed by atoms with Gasteiger partial charge in [0, 0.05) is 0 Å². The first-order valence-corrected chi connectivity index (χ1v) is 8.94. The Morgan fingerprint density at radius 2 is 1.69 bits per heavy atom. The second-order valence-electron chi connectivity index (χ2n) is 6.65. The Morgan fingerprint density at radius 3 is 2.34 bits per heavy atom. The normalized spacial score (nSPS) is 10.5. The lowest BCUT2D eigenvalue weighted by Crippen LogP contribution is -2.44. The van der Waals surface area contributed by atoms with E-state index in [1.165, 1.54) is 23.0 Å². The van der Waals surface area contributed by atoms with Crippen molar-refractivity contribution in [3.63, 3.8) is 0 Å². The van der Waals surface area contributed by atoms with E-state index < -0.39 is 11.8 Å². The van der Waals surface area contributed by atoms with Crippen molar-refractivity contribution in [1.82, 2.24) is 20.6 Å². The van der Waals surface area contributed by atoms with E-state index in [4.69, 9.17) is 4.74 Å². The van der Waals surface area contributed by atoms with Gasteiger partial charge in [0.05, 0.1) is 23.1 Å².